The van der Waals surface area contributed by atoms with Gasteiger partial charge in [-0.05, 0) is 54.1 Å². The number of thioether (sulfide) groups is 1. The molecule has 26 heavy (non-hydrogen) atoms. The molecule has 0 bridgehead atoms. The summed E-state index contributed by atoms with van der Waals surface area (Å²) in [5.74, 6) is 0.159. The van der Waals surface area contributed by atoms with Crippen molar-refractivity contribution < 1.29 is 9.59 Å². The normalized spacial score (nSPS) is 10.3. The van der Waals surface area contributed by atoms with Crippen LogP contribution in [0.5, 0.6) is 0 Å². The lowest BCUT2D eigenvalue weighted by atomic mass is 10.1. The number of primary amides is 1. The molecule has 3 rings (SSSR count). The van der Waals surface area contributed by atoms with Gasteiger partial charge >= 0.3 is 0 Å². The Labute approximate surface area is 156 Å². The van der Waals surface area contributed by atoms with E-state index in [9.17, 15) is 9.59 Å². The highest BCUT2D eigenvalue weighted by Gasteiger charge is 2.07. The fourth-order valence-electron chi connectivity index (χ4n) is 2.36. The first kappa shape index (κ1) is 17.8. The molecule has 4 nitrogen and oxygen atoms in total. The Morgan fingerprint density at radius 2 is 1.42 bits per heavy atom. The van der Waals surface area contributed by atoms with Crippen LogP contribution in [0.3, 0.4) is 0 Å². The Balaban J connectivity index is 1.58. The maximum atomic E-state index is 12.3. The van der Waals surface area contributed by atoms with Crippen LogP contribution in [0.2, 0.25) is 0 Å². The molecule has 0 fully saturated rings. The molecule has 3 aromatic carbocycles. The van der Waals surface area contributed by atoms with E-state index in [4.69, 9.17) is 5.73 Å². The highest BCUT2D eigenvalue weighted by molar-refractivity contribution is 7.98. The molecule has 0 aromatic heterocycles. The van der Waals surface area contributed by atoms with Gasteiger partial charge in [0.05, 0.1) is 0 Å². The summed E-state index contributed by atoms with van der Waals surface area (Å²) in [5.41, 5.74) is 7.96. The van der Waals surface area contributed by atoms with E-state index >= 15 is 0 Å². The molecule has 0 spiro atoms. The molecular weight excluding hydrogens is 344 g/mol. The summed E-state index contributed by atoms with van der Waals surface area (Å²) < 4.78 is 0. The van der Waals surface area contributed by atoms with Gasteiger partial charge < -0.3 is 11.1 Å². The number of benzene rings is 3. The zero-order valence-electron chi connectivity index (χ0n) is 14.0. The van der Waals surface area contributed by atoms with E-state index in [1.807, 2.05) is 42.5 Å². The highest BCUT2D eigenvalue weighted by atomic mass is 32.2. The Hall–Kier alpha value is -3.05. The molecule has 0 aliphatic carbocycles. The van der Waals surface area contributed by atoms with Crippen LogP contribution in [0, 0.1) is 0 Å². The second kappa shape index (κ2) is 8.36. The summed E-state index contributed by atoms with van der Waals surface area (Å²) in [7, 11) is 0. The lowest BCUT2D eigenvalue weighted by Crippen LogP contribution is -2.13. The van der Waals surface area contributed by atoms with E-state index in [-0.39, 0.29) is 5.91 Å². The van der Waals surface area contributed by atoms with E-state index in [2.05, 4.69) is 17.4 Å². The molecule has 0 saturated heterocycles. The third-order valence-electron chi connectivity index (χ3n) is 3.79. The van der Waals surface area contributed by atoms with Crippen LogP contribution in [0.25, 0.3) is 0 Å². The van der Waals surface area contributed by atoms with Crippen molar-refractivity contribution in [1.29, 1.82) is 0 Å². The van der Waals surface area contributed by atoms with Crippen LogP contribution in [-0.2, 0) is 5.75 Å². The standard InChI is InChI=1S/C21H18N2O2S/c22-20(24)16-10-12-18(13-11-16)23-21(25)17-8-6-15(7-9-17)14-26-19-4-2-1-3-5-19/h1-13H,14H2,(H2,22,24)(H,23,25). The van der Waals surface area contributed by atoms with E-state index in [1.54, 1.807) is 36.0 Å². The van der Waals surface area contributed by atoms with Crippen molar-refractivity contribution in [1.82, 2.24) is 0 Å². The van der Waals surface area contributed by atoms with Crippen molar-refractivity contribution in [3.63, 3.8) is 0 Å². The molecule has 0 aliphatic rings. The third-order valence-corrected chi connectivity index (χ3v) is 4.88. The fraction of sp³-hybridized carbons (Fsp3) is 0.0476. The van der Waals surface area contributed by atoms with Crippen LogP contribution in [0.4, 0.5) is 5.69 Å². The molecule has 130 valence electrons. The monoisotopic (exact) mass is 362 g/mol. The summed E-state index contributed by atoms with van der Waals surface area (Å²) in [4.78, 5) is 24.6. The molecule has 3 N–H and O–H groups in total. The summed E-state index contributed by atoms with van der Waals surface area (Å²) in [6, 6.07) is 24.2. The number of amides is 2. The number of carbonyl (C=O) groups is 2. The van der Waals surface area contributed by atoms with Gasteiger partial charge in [0.1, 0.15) is 0 Å². The number of carbonyl (C=O) groups excluding carboxylic acids is 2. The van der Waals surface area contributed by atoms with Crippen molar-refractivity contribution in [2.24, 2.45) is 5.73 Å². The van der Waals surface area contributed by atoms with Gasteiger partial charge in [0, 0.05) is 27.5 Å². The van der Waals surface area contributed by atoms with Gasteiger partial charge in [-0.2, -0.15) is 0 Å². The average molecular weight is 362 g/mol. The number of nitrogens with two attached hydrogens (primary N) is 1. The van der Waals surface area contributed by atoms with Gasteiger partial charge in [0.15, 0.2) is 0 Å². The molecule has 0 heterocycles. The molecule has 5 heteroatoms. The predicted molar refractivity (Wildman–Crippen MR) is 105 cm³/mol. The van der Waals surface area contributed by atoms with E-state index in [0.29, 0.717) is 16.8 Å². The molecule has 0 radical (unpaired) electrons. The summed E-state index contributed by atoms with van der Waals surface area (Å²) in [6.07, 6.45) is 0. The lowest BCUT2D eigenvalue weighted by molar-refractivity contribution is 0.0998. The molecule has 2 amide bonds. The van der Waals surface area contributed by atoms with Gasteiger partial charge in [-0.15, -0.1) is 11.8 Å². The first-order valence-corrected chi connectivity index (χ1v) is 9.08. The number of rotatable bonds is 6. The molecule has 0 unspecified atom stereocenters. The molecular formula is C21H18N2O2S. The van der Waals surface area contributed by atoms with Crippen LogP contribution in [0.15, 0.2) is 83.8 Å². The summed E-state index contributed by atoms with van der Waals surface area (Å²) >= 11 is 1.76. The minimum Gasteiger partial charge on any atom is -0.366 e. The zero-order valence-corrected chi connectivity index (χ0v) is 14.8. The lowest BCUT2D eigenvalue weighted by Gasteiger charge is -2.07. The minimum atomic E-state index is -0.494. The van der Waals surface area contributed by atoms with Crippen LogP contribution >= 0.6 is 11.8 Å². The second-order valence-electron chi connectivity index (χ2n) is 5.69. The maximum absolute atomic E-state index is 12.3. The molecule has 0 aliphatic heterocycles. The van der Waals surface area contributed by atoms with Gasteiger partial charge in [-0.1, -0.05) is 30.3 Å². The maximum Gasteiger partial charge on any atom is 0.255 e. The van der Waals surface area contributed by atoms with Crippen LogP contribution < -0.4 is 11.1 Å². The first-order valence-electron chi connectivity index (χ1n) is 8.10. The Morgan fingerprint density at radius 3 is 2.04 bits per heavy atom. The van der Waals surface area contributed by atoms with E-state index in [0.717, 1.165) is 11.3 Å². The Morgan fingerprint density at radius 1 is 0.808 bits per heavy atom. The Bertz CT molecular complexity index is 892. The van der Waals surface area contributed by atoms with Crippen molar-refractivity contribution in [3.8, 4) is 0 Å². The number of hydrogen-bond donors (Lipinski definition) is 2. The van der Waals surface area contributed by atoms with Crippen LogP contribution in [-0.4, -0.2) is 11.8 Å². The summed E-state index contributed by atoms with van der Waals surface area (Å²) in [6.45, 7) is 0. The first-order chi connectivity index (χ1) is 12.6. The zero-order chi connectivity index (χ0) is 18.4. The average Bonchev–Trinajstić information content (AvgIpc) is 2.68. The molecule has 0 atom stereocenters. The van der Waals surface area contributed by atoms with Gasteiger partial charge in [-0.25, -0.2) is 0 Å². The summed E-state index contributed by atoms with van der Waals surface area (Å²) in [5, 5.41) is 2.81. The highest BCUT2D eigenvalue weighted by Crippen LogP contribution is 2.22. The molecule has 0 saturated carbocycles. The minimum absolute atomic E-state index is 0.195. The van der Waals surface area contributed by atoms with Crippen molar-refractivity contribution in [3.05, 3.63) is 95.6 Å². The van der Waals surface area contributed by atoms with Gasteiger partial charge in [-0.3, -0.25) is 9.59 Å². The largest absolute Gasteiger partial charge is 0.366 e. The van der Waals surface area contributed by atoms with E-state index in [1.165, 1.54) is 4.90 Å². The number of hydrogen-bond acceptors (Lipinski definition) is 3. The number of nitrogens with one attached hydrogen (secondary N) is 1. The predicted octanol–water partition coefficient (Wildman–Crippen LogP) is 4.33. The number of anilines is 1. The topological polar surface area (TPSA) is 72.2 Å². The van der Waals surface area contributed by atoms with Crippen molar-refractivity contribution in [2.45, 2.75) is 10.6 Å². The fourth-order valence-corrected chi connectivity index (χ4v) is 3.23. The van der Waals surface area contributed by atoms with Gasteiger partial charge in [0.2, 0.25) is 5.91 Å². The smallest absolute Gasteiger partial charge is 0.255 e. The molecule has 3 aromatic rings. The Kier molecular flexibility index (Phi) is 5.71. The second-order valence-corrected chi connectivity index (χ2v) is 6.74. The van der Waals surface area contributed by atoms with Crippen LogP contribution in [0.1, 0.15) is 26.3 Å². The van der Waals surface area contributed by atoms with Gasteiger partial charge in [0.25, 0.3) is 5.91 Å². The van der Waals surface area contributed by atoms with E-state index < -0.39 is 5.91 Å². The van der Waals surface area contributed by atoms with Crippen molar-refractivity contribution in [2.75, 3.05) is 5.32 Å². The van der Waals surface area contributed by atoms with Crippen molar-refractivity contribution >= 4 is 29.3 Å². The SMILES string of the molecule is NC(=O)c1ccc(NC(=O)c2ccc(CSc3ccccc3)cc2)cc1. The quantitative estimate of drug-likeness (QED) is 0.641. The third kappa shape index (κ3) is 4.74.